The predicted molar refractivity (Wildman–Crippen MR) is 91.1 cm³/mol. The topological polar surface area (TPSA) is 25.8 Å². The molecule has 3 aromatic rings. The third-order valence-corrected chi connectivity index (χ3v) is 4.04. The molecule has 0 atom stereocenters. The SMILES string of the molecule is COc1ccc(C[NH2+]CCc2ccccc2)c2ccccc12.[Cl-]. The molecule has 0 unspecified atom stereocenters. The smallest absolute Gasteiger partial charge is 0.126 e. The molecule has 2 nitrogen and oxygen atoms in total. The minimum absolute atomic E-state index is 0. The summed E-state index contributed by atoms with van der Waals surface area (Å²) in [5, 5.41) is 4.86. The third-order valence-electron chi connectivity index (χ3n) is 4.04. The van der Waals surface area contributed by atoms with Gasteiger partial charge in [-0.2, -0.15) is 0 Å². The quantitative estimate of drug-likeness (QED) is 0.641. The van der Waals surface area contributed by atoms with Crippen molar-refractivity contribution in [1.82, 2.24) is 0 Å². The van der Waals surface area contributed by atoms with Gasteiger partial charge in [0.15, 0.2) is 0 Å². The monoisotopic (exact) mass is 327 g/mol. The maximum atomic E-state index is 5.46. The summed E-state index contributed by atoms with van der Waals surface area (Å²) in [7, 11) is 1.73. The van der Waals surface area contributed by atoms with Crippen LogP contribution in [-0.2, 0) is 13.0 Å². The second kappa shape index (κ2) is 8.56. The van der Waals surface area contributed by atoms with Crippen LogP contribution < -0.4 is 22.5 Å². The first kappa shape index (κ1) is 17.3. The summed E-state index contributed by atoms with van der Waals surface area (Å²) < 4.78 is 5.46. The van der Waals surface area contributed by atoms with Gasteiger partial charge in [-0.3, -0.25) is 0 Å². The van der Waals surface area contributed by atoms with Gasteiger partial charge in [0.1, 0.15) is 12.3 Å². The van der Waals surface area contributed by atoms with Gasteiger partial charge in [0.25, 0.3) is 0 Å². The van der Waals surface area contributed by atoms with Crippen LogP contribution in [0.4, 0.5) is 0 Å². The lowest BCUT2D eigenvalue weighted by atomic mass is 10.0. The molecular formula is C20H22ClNO. The molecule has 0 aromatic heterocycles. The molecule has 0 saturated heterocycles. The number of benzene rings is 3. The first-order valence-electron chi connectivity index (χ1n) is 7.78. The fraction of sp³-hybridized carbons (Fsp3) is 0.200. The van der Waals surface area contributed by atoms with E-state index in [-0.39, 0.29) is 12.4 Å². The number of fused-ring (bicyclic) bond motifs is 1. The van der Waals surface area contributed by atoms with E-state index < -0.39 is 0 Å². The van der Waals surface area contributed by atoms with Gasteiger partial charge in [-0.1, -0.05) is 54.6 Å². The van der Waals surface area contributed by atoms with E-state index in [0.29, 0.717) is 0 Å². The average molecular weight is 328 g/mol. The molecular weight excluding hydrogens is 306 g/mol. The van der Waals surface area contributed by atoms with Crippen molar-refractivity contribution in [2.75, 3.05) is 13.7 Å². The van der Waals surface area contributed by atoms with Crippen molar-refractivity contribution in [3.8, 4) is 5.75 Å². The van der Waals surface area contributed by atoms with Crippen LogP contribution in [0.25, 0.3) is 10.8 Å². The molecule has 0 saturated carbocycles. The molecule has 23 heavy (non-hydrogen) atoms. The Labute approximate surface area is 143 Å². The molecule has 0 aliphatic rings. The fourth-order valence-electron chi connectivity index (χ4n) is 2.86. The summed E-state index contributed by atoms with van der Waals surface area (Å²) in [5.41, 5.74) is 2.77. The lowest BCUT2D eigenvalue weighted by Gasteiger charge is -2.10. The Bertz CT molecular complexity index is 743. The van der Waals surface area contributed by atoms with E-state index in [0.717, 1.165) is 25.3 Å². The Hall–Kier alpha value is -2.03. The first-order chi connectivity index (χ1) is 10.9. The van der Waals surface area contributed by atoms with E-state index in [2.05, 4.69) is 72.0 Å². The van der Waals surface area contributed by atoms with Gasteiger partial charge in [0.2, 0.25) is 0 Å². The molecule has 2 N–H and O–H groups in total. The number of hydrogen-bond acceptors (Lipinski definition) is 1. The number of hydrogen-bond donors (Lipinski definition) is 1. The zero-order valence-electron chi connectivity index (χ0n) is 13.3. The highest BCUT2D eigenvalue weighted by atomic mass is 35.5. The summed E-state index contributed by atoms with van der Waals surface area (Å²) in [6.45, 7) is 2.10. The van der Waals surface area contributed by atoms with Crippen molar-refractivity contribution >= 4 is 10.8 Å². The minimum atomic E-state index is 0. The zero-order valence-corrected chi connectivity index (χ0v) is 14.1. The summed E-state index contributed by atoms with van der Waals surface area (Å²) in [6, 6.07) is 23.4. The summed E-state index contributed by atoms with van der Waals surface area (Å²) in [4.78, 5) is 0. The van der Waals surface area contributed by atoms with Gasteiger partial charge < -0.3 is 22.5 Å². The highest BCUT2D eigenvalue weighted by Gasteiger charge is 2.07. The summed E-state index contributed by atoms with van der Waals surface area (Å²) in [5.74, 6) is 0.948. The van der Waals surface area contributed by atoms with Gasteiger partial charge in [-0.15, -0.1) is 0 Å². The lowest BCUT2D eigenvalue weighted by Crippen LogP contribution is -3.00. The van der Waals surface area contributed by atoms with Crippen molar-refractivity contribution in [3.63, 3.8) is 0 Å². The van der Waals surface area contributed by atoms with Crippen LogP contribution in [0.3, 0.4) is 0 Å². The van der Waals surface area contributed by atoms with E-state index in [1.165, 1.54) is 21.9 Å². The van der Waals surface area contributed by atoms with Crippen molar-refractivity contribution in [2.45, 2.75) is 13.0 Å². The molecule has 0 spiro atoms. The van der Waals surface area contributed by atoms with E-state index in [1.54, 1.807) is 7.11 Å². The largest absolute Gasteiger partial charge is 1.00 e. The van der Waals surface area contributed by atoms with Crippen molar-refractivity contribution < 1.29 is 22.5 Å². The second-order valence-electron chi connectivity index (χ2n) is 5.49. The molecule has 0 aliphatic heterocycles. The first-order valence-corrected chi connectivity index (χ1v) is 7.78. The van der Waals surface area contributed by atoms with Crippen molar-refractivity contribution in [3.05, 3.63) is 77.9 Å². The fourth-order valence-corrected chi connectivity index (χ4v) is 2.86. The summed E-state index contributed by atoms with van der Waals surface area (Å²) in [6.07, 6.45) is 1.11. The average Bonchev–Trinajstić information content (AvgIpc) is 2.59. The molecule has 3 heteroatoms. The number of methoxy groups -OCH3 is 1. The van der Waals surface area contributed by atoms with Crippen LogP contribution >= 0.6 is 0 Å². The van der Waals surface area contributed by atoms with Crippen LogP contribution in [0.5, 0.6) is 5.75 Å². The van der Waals surface area contributed by atoms with Crippen molar-refractivity contribution in [2.24, 2.45) is 0 Å². The molecule has 0 radical (unpaired) electrons. The molecule has 3 rings (SSSR count). The number of halogens is 1. The molecule has 120 valence electrons. The Morgan fingerprint density at radius 3 is 2.26 bits per heavy atom. The Balaban J connectivity index is 0.00000192. The van der Waals surface area contributed by atoms with Gasteiger partial charge in [-0.05, 0) is 23.1 Å². The third kappa shape index (κ3) is 4.25. The normalized spacial score (nSPS) is 10.3. The van der Waals surface area contributed by atoms with Gasteiger partial charge in [0, 0.05) is 17.4 Å². The summed E-state index contributed by atoms with van der Waals surface area (Å²) >= 11 is 0. The van der Waals surface area contributed by atoms with E-state index in [4.69, 9.17) is 4.74 Å². The van der Waals surface area contributed by atoms with E-state index >= 15 is 0 Å². The minimum Gasteiger partial charge on any atom is -1.00 e. The van der Waals surface area contributed by atoms with E-state index in [1.807, 2.05) is 0 Å². The zero-order chi connectivity index (χ0) is 15.2. The van der Waals surface area contributed by atoms with Crippen LogP contribution in [-0.4, -0.2) is 13.7 Å². The maximum Gasteiger partial charge on any atom is 0.126 e. The lowest BCUT2D eigenvalue weighted by molar-refractivity contribution is -0.669. The van der Waals surface area contributed by atoms with Crippen molar-refractivity contribution in [1.29, 1.82) is 0 Å². The predicted octanol–water partition coefficient (Wildman–Crippen LogP) is 0.159. The van der Waals surface area contributed by atoms with E-state index in [9.17, 15) is 0 Å². The number of quaternary nitrogens is 1. The Kier molecular flexibility index (Phi) is 6.45. The molecule has 0 aliphatic carbocycles. The Morgan fingerprint density at radius 2 is 1.52 bits per heavy atom. The molecule has 0 heterocycles. The number of ether oxygens (including phenoxy) is 1. The number of rotatable bonds is 6. The standard InChI is InChI=1S/C20H21NO.ClH/c1-22-20-12-11-17(18-9-5-6-10-19(18)20)15-21-14-13-16-7-3-2-4-8-16;/h2-12,21H,13-15H2,1H3;1H. The van der Waals surface area contributed by atoms with Gasteiger partial charge in [-0.25, -0.2) is 0 Å². The van der Waals surface area contributed by atoms with Crippen LogP contribution in [0, 0.1) is 0 Å². The molecule has 3 aromatic carbocycles. The van der Waals surface area contributed by atoms with Gasteiger partial charge in [0.05, 0.1) is 13.7 Å². The number of nitrogens with two attached hydrogens (primary N) is 1. The highest BCUT2D eigenvalue weighted by molar-refractivity contribution is 5.90. The second-order valence-corrected chi connectivity index (χ2v) is 5.49. The highest BCUT2D eigenvalue weighted by Crippen LogP contribution is 2.27. The Morgan fingerprint density at radius 1 is 0.826 bits per heavy atom. The maximum absolute atomic E-state index is 5.46. The van der Waals surface area contributed by atoms with Crippen LogP contribution in [0.1, 0.15) is 11.1 Å². The van der Waals surface area contributed by atoms with Crippen LogP contribution in [0.2, 0.25) is 0 Å². The molecule has 0 bridgehead atoms. The molecule has 0 amide bonds. The molecule has 0 fully saturated rings. The van der Waals surface area contributed by atoms with Gasteiger partial charge >= 0.3 is 0 Å². The van der Waals surface area contributed by atoms with Crippen LogP contribution in [0.15, 0.2) is 66.7 Å².